The lowest BCUT2D eigenvalue weighted by Gasteiger charge is -2.34. The molecule has 0 saturated carbocycles. The molecular weight excluding hydrogens is 395 g/mol. The van der Waals surface area contributed by atoms with Crippen LogP contribution in [0.25, 0.3) is 5.69 Å². The van der Waals surface area contributed by atoms with Gasteiger partial charge in [0.2, 0.25) is 0 Å². The summed E-state index contributed by atoms with van der Waals surface area (Å²) in [6.45, 7) is 1.34. The van der Waals surface area contributed by atoms with Gasteiger partial charge in [-0.2, -0.15) is 5.10 Å². The molecule has 1 aliphatic heterocycles. The molecule has 1 aliphatic rings. The Morgan fingerprint density at radius 1 is 0.897 bits per heavy atom. The van der Waals surface area contributed by atoms with Crippen LogP contribution in [0.1, 0.15) is 20.8 Å². The standard InChI is InChI=1S/C21H18ClFN4O2/c22-15-6-7-18(23)17(14-15)20(28)25-10-12-26(13-11-25)21(29)19-8-9-27(24-19)16-4-2-1-3-5-16/h1-9,14H,10-13H2. The van der Waals surface area contributed by atoms with Gasteiger partial charge in [-0.05, 0) is 36.4 Å². The van der Waals surface area contributed by atoms with Gasteiger partial charge in [0, 0.05) is 37.4 Å². The molecule has 2 amide bonds. The Balaban J connectivity index is 1.41. The van der Waals surface area contributed by atoms with Crippen molar-refractivity contribution < 1.29 is 14.0 Å². The summed E-state index contributed by atoms with van der Waals surface area (Å²) in [6.07, 6.45) is 1.74. The van der Waals surface area contributed by atoms with Crippen LogP contribution < -0.4 is 0 Å². The average Bonchev–Trinajstić information content (AvgIpc) is 3.25. The van der Waals surface area contributed by atoms with E-state index >= 15 is 0 Å². The predicted molar refractivity (Wildman–Crippen MR) is 107 cm³/mol. The summed E-state index contributed by atoms with van der Waals surface area (Å²) >= 11 is 5.88. The molecule has 2 aromatic carbocycles. The lowest BCUT2D eigenvalue weighted by atomic mass is 10.1. The number of aromatic nitrogens is 2. The van der Waals surface area contributed by atoms with Crippen molar-refractivity contribution in [2.24, 2.45) is 0 Å². The van der Waals surface area contributed by atoms with Crippen LogP contribution in [0.3, 0.4) is 0 Å². The smallest absolute Gasteiger partial charge is 0.274 e. The highest BCUT2D eigenvalue weighted by atomic mass is 35.5. The van der Waals surface area contributed by atoms with Crippen LogP contribution in [-0.2, 0) is 0 Å². The summed E-state index contributed by atoms with van der Waals surface area (Å²) in [5.74, 6) is -1.23. The Bertz CT molecular complexity index is 1050. The van der Waals surface area contributed by atoms with E-state index in [1.54, 1.807) is 21.8 Å². The molecule has 0 radical (unpaired) electrons. The molecule has 29 heavy (non-hydrogen) atoms. The number of hydrogen-bond acceptors (Lipinski definition) is 3. The molecular formula is C21H18ClFN4O2. The summed E-state index contributed by atoms with van der Waals surface area (Å²) in [5.41, 5.74) is 1.15. The van der Waals surface area contributed by atoms with E-state index in [1.807, 2.05) is 30.3 Å². The zero-order chi connectivity index (χ0) is 20.4. The molecule has 1 fully saturated rings. The minimum absolute atomic E-state index is 0.0566. The maximum absolute atomic E-state index is 14.0. The van der Waals surface area contributed by atoms with Crippen molar-refractivity contribution in [3.63, 3.8) is 0 Å². The molecule has 0 bridgehead atoms. The molecule has 4 rings (SSSR count). The van der Waals surface area contributed by atoms with Gasteiger partial charge in [0.1, 0.15) is 5.82 Å². The first-order chi connectivity index (χ1) is 14.0. The first kappa shape index (κ1) is 19.1. The second kappa shape index (κ2) is 8.05. The first-order valence-electron chi connectivity index (χ1n) is 9.17. The molecule has 1 aromatic heterocycles. The van der Waals surface area contributed by atoms with E-state index in [9.17, 15) is 14.0 Å². The molecule has 2 heterocycles. The third kappa shape index (κ3) is 4.00. The number of carbonyl (C=O) groups excluding carboxylic acids is 2. The number of rotatable bonds is 3. The van der Waals surface area contributed by atoms with Crippen molar-refractivity contribution in [1.29, 1.82) is 0 Å². The third-order valence-electron chi connectivity index (χ3n) is 4.84. The minimum Gasteiger partial charge on any atom is -0.335 e. The summed E-state index contributed by atoms with van der Waals surface area (Å²) < 4.78 is 15.6. The molecule has 0 unspecified atom stereocenters. The summed E-state index contributed by atoms with van der Waals surface area (Å²) in [5, 5.41) is 4.66. The number of amides is 2. The van der Waals surface area contributed by atoms with E-state index in [0.717, 1.165) is 5.69 Å². The van der Waals surface area contributed by atoms with E-state index in [1.165, 1.54) is 23.1 Å². The Hall–Kier alpha value is -3.19. The Morgan fingerprint density at radius 2 is 1.55 bits per heavy atom. The van der Waals surface area contributed by atoms with Crippen LogP contribution >= 0.6 is 11.6 Å². The van der Waals surface area contributed by atoms with Crippen molar-refractivity contribution in [3.8, 4) is 5.69 Å². The van der Waals surface area contributed by atoms with E-state index in [4.69, 9.17) is 11.6 Å². The quantitative estimate of drug-likeness (QED) is 0.663. The number of para-hydroxylation sites is 1. The lowest BCUT2D eigenvalue weighted by molar-refractivity contribution is 0.0529. The van der Waals surface area contributed by atoms with Gasteiger partial charge < -0.3 is 9.80 Å². The van der Waals surface area contributed by atoms with Crippen molar-refractivity contribution in [2.45, 2.75) is 0 Å². The van der Waals surface area contributed by atoms with Gasteiger partial charge in [-0.3, -0.25) is 9.59 Å². The summed E-state index contributed by atoms with van der Waals surface area (Å²) in [6, 6.07) is 15.1. The van der Waals surface area contributed by atoms with Crippen molar-refractivity contribution >= 4 is 23.4 Å². The van der Waals surface area contributed by atoms with Gasteiger partial charge in [0.25, 0.3) is 11.8 Å². The monoisotopic (exact) mass is 412 g/mol. The largest absolute Gasteiger partial charge is 0.335 e. The van der Waals surface area contributed by atoms with E-state index in [0.29, 0.717) is 36.9 Å². The highest BCUT2D eigenvalue weighted by Crippen LogP contribution is 2.18. The Labute approximate surface area is 172 Å². The number of nitrogens with zero attached hydrogens (tertiary/aromatic N) is 4. The van der Waals surface area contributed by atoms with Gasteiger partial charge >= 0.3 is 0 Å². The van der Waals surface area contributed by atoms with E-state index in [2.05, 4.69) is 5.10 Å². The highest BCUT2D eigenvalue weighted by Gasteiger charge is 2.27. The fourth-order valence-corrected chi connectivity index (χ4v) is 3.44. The summed E-state index contributed by atoms with van der Waals surface area (Å²) in [7, 11) is 0. The van der Waals surface area contributed by atoms with Gasteiger partial charge in [0.05, 0.1) is 11.3 Å². The zero-order valence-corrected chi connectivity index (χ0v) is 16.2. The van der Waals surface area contributed by atoms with Crippen molar-refractivity contribution in [3.05, 3.63) is 82.9 Å². The lowest BCUT2D eigenvalue weighted by Crippen LogP contribution is -2.50. The number of hydrogen-bond donors (Lipinski definition) is 0. The van der Waals surface area contributed by atoms with E-state index < -0.39 is 11.7 Å². The van der Waals surface area contributed by atoms with Gasteiger partial charge in [-0.1, -0.05) is 29.8 Å². The molecule has 0 atom stereocenters. The van der Waals surface area contributed by atoms with Gasteiger partial charge in [-0.25, -0.2) is 9.07 Å². The fraction of sp³-hybridized carbons (Fsp3) is 0.190. The number of halogens is 2. The molecule has 8 heteroatoms. The van der Waals surface area contributed by atoms with Crippen LogP contribution in [0.4, 0.5) is 4.39 Å². The minimum atomic E-state index is -0.607. The maximum Gasteiger partial charge on any atom is 0.274 e. The van der Waals surface area contributed by atoms with Gasteiger partial charge in [-0.15, -0.1) is 0 Å². The van der Waals surface area contributed by atoms with Crippen LogP contribution in [0.15, 0.2) is 60.8 Å². The highest BCUT2D eigenvalue weighted by molar-refractivity contribution is 6.31. The average molecular weight is 413 g/mol. The number of carbonyl (C=O) groups is 2. The van der Waals surface area contributed by atoms with Crippen LogP contribution in [-0.4, -0.2) is 57.6 Å². The second-order valence-electron chi connectivity index (χ2n) is 6.69. The Kier molecular flexibility index (Phi) is 5.31. The Morgan fingerprint density at radius 3 is 2.24 bits per heavy atom. The van der Waals surface area contributed by atoms with E-state index in [-0.39, 0.29) is 11.5 Å². The van der Waals surface area contributed by atoms with Gasteiger partial charge in [0.15, 0.2) is 5.69 Å². The fourth-order valence-electron chi connectivity index (χ4n) is 3.27. The molecule has 6 nitrogen and oxygen atoms in total. The summed E-state index contributed by atoms with van der Waals surface area (Å²) in [4.78, 5) is 28.5. The third-order valence-corrected chi connectivity index (χ3v) is 5.08. The maximum atomic E-state index is 14.0. The normalized spacial score (nSPS) is 14.1. The molecule has 0 N–H and O–H groups in total. The van der Waals surface area contributed by atoms with Crippen molar-refractivity contribution in [1.82, 2.24) is 19.6 Å². The van der Waals surface area contributed by atoms with Crippen LogP contribution in [0, 0.1) is 5.82 Å². The topological polar surface area (TPSA) is 58.4 Å². The second-order valence-corrected chi connectivity index (χ2v) is 7.13. The van der Waals surface area contributed by atoms with Crippen LogP contribution in [0.5, 0.6) is 0 Å². The first-order valence-corrected chi connectivity index (χ1v) is 9.55. The molecule has 0 spiro atoms. The SMILES string of the molecule is O=C(c1ccn(-c2ccccc2)n1)N1CCN(C(=O)c2cc(Cl)ccc2F)CC1. The molecule has 3 aromatic rings. The molecule has 0 aliphatic carbocycles. The predicted octanol–water partition coefficient (Wildman–Crippen LogP) is 3.26. The molecule has 1 saturated heterocycles. The number of benzene rings is 2. The van der Waals surface area contributed by atoms with Crippen molar-refractivity contribution in [2.75, 3.05) is 26.2 Å². The van der Waals surface area contributed by atoms with Crippen LogP contribution in [0.2, 0.25) is 5.02 Å². The molecule has 148 valence electrons. The number of piperazine rings is 1. The zero-order valence-electron chi connectivity index (χ0n) is 15.5.